The van der Waals surface area contributed by atoms with Crippen molar-refractivity contribution >= 4 is 25.9 Å². The van der Waals surface area contributed by atoms with Gasteiger partial charge in [0, 0.05) is 27.0 Å². The summed E-state index contributed by atoms with van der Waals surface area (Å²) in [7, 11) is -1.24. The number of amides is 1. The van der Waals surface area contributed by atoms with Gasteiger partial charge in [-0.25, -0.2) is 9.59 Å². The molecule has 0 unspecified atom stereocenters. The summed E-state index contributed by atoms with van der Waals surface area (Å²) in [5.41, 5.74) is 0.301. The van der Waals surface area contributed by atoms with E-state index < -0.39 is 31.8 Å². The number of hydrogen-bond donors (Lipinski definition) is 1. The number of carbonyl (C=O) groups excluding carboxylic acids is 3. The zero-order valence-electron chi connectivity index (χ0n) is 22.2. The van der Waals surface area contributed by atoms with Gasteiger partial charge in [0.2, 0.25) is 5.91 Å². The smallest absolute Gasteiger partial charge is 0.330 e. The second-order valence-corrected chi connectivity index (χ2v) is 16.1. The van der Waals surface area contributed by atoms with Gasteiger partial charge in [-0.15, -0.1) is 0 Å². The fourth-order valence-electron chi connectivity index (χ4n) is 3.33. The SMILES string of the molecule is CC(=O)N[C@H](C(=O)O[C@H](/C=C/C=C\C=C\C(=O)OCC[Si](C)(C)C)[C@]1(C)CO1)[C@@H](C)c1ccccc1. The molecule has 1 aromatic rings. The molecule has 2 rings (SSSR count). The zero-order chi connectivity index (χ0) is 26.8. The average Bonchev–Trinajstić information content (AvgIpc) is 3.56. The van der Waals surface area contributed by atoms with E-state index >= 15 is 0 Å². The molecule has 1 N–H and O–H groups in total. The molecule has 196 valence electrons. The lowest BCUT2D eigenvalue weighted by Crippen LogP contribution is -2.46. The molecular weight excluding hydrogens is 474 g/mol. The lowest BCUT2D eigenvalue weighted by atomic mass is 9.93. The van der Waals surface area contributed by atoms with Crippen LogP contribution in [0.3, 0.4) is 0 Å². The third kappa shape index (κ3) is 10.3. The highest BCUT2D eigenvalue weighted by Crippen LogP contribution is 2.33. The molecule has 0 radical (unpaired) electrons. The molecule has 1 aliphatic heterocycles. The minimum absolute atomic E-state index is 0.282. The van der Waals surface area contributed by atoms with Crippen LogP contribution < -0.4 is 5.32 Å². The highest BCUT2D eigenvalue weighted by molar-refractivity contribution is 6.76. The number of carbonyl (C=O) groups is 3. The number of rotatable bonds is 13. The molecule has 7 nitrogen and oxygen atoms in total. The van der Waals surface area contributed by atoms with Crippen LogP contribution in [0.2, 0.25) is 25.7 Å². The van der Waals surface area contributed by atoms with Crippen LogP contribution in [0.1, 0.15) is 32.3 Å². The fraction of sp³-hybridized carbons (Fsp3) is 0.464. The summed E-state index contributed by atoms with van der Waals surface area (Å²) in [6.45, 7) is 12.7. The summed E-state index contributed by atoms with van der Waals surface area (Å²) in [6, 6.07) is 9.59. The minimum Gasteiger partial charge on any atom is -0.463 e. The largest absolute Gasteiger partial charge is 0.463 e. The first-order valence-corrected chi connectivity index (χ1v) is 16.0. The van der Waals surface area contributed by atoms with Crippen molar-refractivity contribution in [2.45, 2.75) is 70.1 Å². The van der Waals surface area contributed by atoms with Crippen LogP contribution in [0.4, 0.5) is 0 Å². The Kier molecular flexibility index (Phi) is 10.9. The Balaban J connectivity index is 1.98. The van der Waals surface area contributed by atoms with E-state index in [1.165, 1.54) is 13.0 Å². The van der Waals surface area contributed by atoms with Gasteiger partial charge in [0.1, 0.15) is 11.6 Å². The number of benzene rings is 1. The Morgan fingerprint density at radius 3 is 2.33 bits per heavy atom. The zero-order valence-corrected chi connectivity index (χ0v) is 23.2. The Bertz CT molecular complexity index is 976. The van der Waals surface area contributed by atoms with Crippen molar-refractivity contribution in [1.29, 1.82) is 0 Å². The first kappa shape index (κ1) is 29.3. The maximum Gasteiger partial charge on any atom is 0.330 e. The van der Waals surface area contributed by atoms with E-state index in [0.29, 0.717) is 13.2 Å². The first-order chi connectivity index (χ1) is 16.9. The molecule has 1 amide bonds. The Labute approximate surface area is 215 Å². The maximum atomic E-state index is 13.1. The predicted octanol–water partition coefficient (Wildman–Crippen LogP) is 4.55. The van der Waals surface area contributed by atoms with E-state index in [1.54, 1.807) is 30.4 Å². The van der Waals surface area contributed by atoms with E-state index in [-0.39, 0.29) is 17.8 Å². The molecule has 0 aromatic heterocycles. The summed E-state index contributed by atoms with van der Waals surface area (Å²) in [4.78, 5) is 36.7. The summed E-state index contributed by atoms with van der Waals surface area (Å²) >= 11 is 0. The van der Waals surface area contributed by atoms with Crippen LogP contribution in [-0.4, -0.2) is 56.9 Å². The number of allylic oxidation sites excluding steroid dienone is 4. The molecule has 0 bridgehead atoms. The van der Waals surface area contributed by atoms with Crippen molar-refractivity contribution in [3.05, 3.63) is 72.4 Å². The van der Waals surface area contributed by atoms with Crippen molar-refractivity contribution in [3.63, 3.8) is 0 Å². The van der Waals surface area contributed by atoms with Gasteiger partial charge in [0.15, 0.2) is 6.10 Å². The quantitative estimate of drug-likeness (QED) is 0.137. The Morgan fingerprint density at radius 2 is 1.75 bits per heavy atom. The lowest BCUT2D eigenvalue weighted by molar-refractivity contribution is -0.154. The molecule has 1 saturated heterocycles. The summed E-state index contributed by atoms with van der Waals surface area (Å²) in [6.07, 6.45) is 9.24. The monoisotopic (exact) mass is 513 g/mol. The van der Waals surface area contributed by atoms with Crippen LogP contribution in [0.5, 0.6) is 0 Å². The average molecular weight is 514 g/mol. The summed E-state index contributed by atoms with van der Waals surface area (Å²) < 4.78 is 16.5. The van der Waals surface area contributed by atoms with Crippen molar-refractivity contribution in [1.82, 2.24) is 5.32 Å². The van der Waals surface area contributed by atoms with Gasteiger partial charge < -0.3 is 19.5 Å². The molecule has 8 heteroatoms. The van der Waals surface area contributed by atoms with Crippen LogP contribution in [0.15, 0.2) is 66.8 Å². The van der Waals surface area contributed by atoms with Gasteiger partial charge in [0.25, 0.3) is 0 Å². The molecule has 0 spiro atoms. The van der Waals surface area contributed by atoms with Crippen LogP contribution in [0.25, 0.3) is 0 Å². The van der Waals surface area contributed by atoms with Gasteiger partial charge in [-0.2, -0.15) is 0 Å². The number of nitrogens with one attached hydrogen (secondary N) is 1. The molecular formula is C28H39NO6Si. The molecule has 1 aliphatic rings. The molecule has 1 fully saturated rings. The Morgan fingerprint density at radius 1 is 1.11 bits per heavy atom. The molecule has 1 heterocycles. The minimum atomic E-state index is -1.24. The third-order valence-corrected chi connectivity index (χ3v) is 7.53. The standard InChI is InChI=1S/C28H39NO6Si/c1-21(23-14-10-9-11-15-23)26(29-22(2)30)27(32)35-24(28(3)20-34-28)16-12-7-8-13-17-25(31)33-18-19-36(4,5)6/h7-17,21,24,26H,18-20H2,1-6H3,(H,29,30)/b8-7-,16-12+,17-13+/t21-,24+,26-,28-/m0/s1. The van der Waals surface area contributed by atoms with Crippen LogP contribution in [0, 0.1) is 0 Å². The number of hydrogen-bond acceptors (Lipinski definition) is 6. The summed E-state index contributed by atoms with van der Waals surface area (Å²) in [5, 5.41) is 2.73. The lowest BCUT2D eigenvalue weighted by Gasteiger charge is -2.26. The molecule has 1 aromatic carbocycles. The van der Waals surface area contributed by atoms with E-state index in [0.717, 1.165) is 11.6 Å². The number of epoxide rings is 1. The van der Waals surface area contributed by atoms with Gasteiger partial charge in [-0.3, -0.25) is 4.79 Å². The normalized spacial score (nSPS) is 20.3. The highest BCUT2D eigenvalue weighted by atomic mass is 28.3. The second kappa shape index (κ2) is 13.4. The number of ether oxygens (including phenoxy) is 3. The van der Waals surface area contributed by atoms with Crippen LogP contribution in [-0.2, 0) is 28.6 Å². The maximum absolute atomic E-state index is 13.1. The second-order valence-electron chi connectivity index (χ2n) is 10.4. The topological polar surface area (TPSA) is 94.2 Å². The van der Waals surface area contributed by atoms with Crippen LogP contribution >= 0.6 is 0 Å². The molecule has 0 saturated carbocycles. The number of esters is 2. The van der Waals surface area contributed by atoms with E-state index in [1.807, 2.05) is 44.2 Å². The third-order valence-electron chi connectivity index (χ3n) is 5.83. The predicted molar refractivity (Wildman–Crippen MR) is 143 cm³/mol. The fourth-order valence-corrected chi connectivity index (χ4v) is 4.05. The van der Waals surface area contributed by atoms with Crippen molar-refractivity contribution in [3.8, 4) is 0 Å². The van der Waals surface area contributed by atoms with Crippen molar-refractivity contribution < 1.29 is 28.6 Å². The Hall–Kier alpha value is -2.97. The highest BCUT2D eigenvalue weighted by Gasteiger charge is 2.49. The van der Waals surface area contributed by atoms with E-state index in [9.17, 15) is 14.4 Å². The molecule has 4 atom stereocenters. The van der Waals surface area contributed by atoms with Gasteiger partial charge in [-0.1, -0.05) is 81.2 Å². The first-order valence-electron chi connectivity index (χ1n) is 12.3. The molecule has 36 heavy (non-hydrogen) atoms. The summed E-state index contributed by atoms with van der Waals surface area (Å²) in [5.74, 6) is -1.49. The van der Waals surface area contributed by atoms with Gasteiger partial charge in [-0.05, 0) is 24.6 Å². The van der Waals surface area contributed by atoms with Crippen molar-refractivity contribution in [2.24, 2.45) is 0 Å². The van der Waals surface area contributed by atoms with Crippen molar-refractivity contribution in [2.75, 3.05) is 13.2 Å². The molecule has 0 aliphatic carbocycles. The van der Waals surface area contributed by atoms with Gasteiger partial charge >= 0.3 is 11.9 Å². The van der Waals surface area contributed by atoms with E-state index in [4.69, 9.17) is 14.2 Å². The van der Waals surface area contributed by atoms with E-state index in [2.05, 4.69) is 25.0 Å². The van der Waals surface area contributed by atoms with Gasteiger partial charge in [0.05, 0.1) is 13.2 Å².